The summed E-state index contributed by atoms with van der Waals surface area (Å²) < 4.78 is 0. The van der Waals surface area contributed by atoms with E-state index in [4.69, 9.17) is 5.21 Å². The van der Waals surface area contributed by atoms with Crippen molar-refractivity contribution in [3.05, 3.63) is 29.8 Å². The predicted octanol–water partition coefficient (Wildman–Crippen LogP) is 3.61. The molecule has 156 valence electrons. The van der Waals surface area contributed by atoms with Gasteiger partial charge in [-0.3, -0.25) is 14.8 Å². The topological polar surface area (TPSA) is 94.0 Å². The highest BCUT2D eigenvalue weighted by atomic mass is 16.5. The van der Waals surface area contributed by atoms with Crippen molar-refractivity contribution in [3.8, 4) is 0 Å². The molecule has 2 amide bonds. The van der Waals surface area contributed by atoms with E-state index in [-0.39, 0.29) is 12.3 Å². The van der Waals surface area contributed by atoms with E-state index in [1.54, 1.807) is 11.7 Å². The van der Waals surface area contributed by atoms with Crippen LogP contribution < -0.4 is 15.8 Å². The maximum absolute atomic E-state index is 11.7. The fourth-order valence-electron chi connectivity index (χ4n) is 2.70. The summed E-state index contributed by atoms with van der Waals surface area (Å²) in [5.41, 5.74) is 6.21. The number of benzene rings is 1. The minimum atomic E-state index is -0.440. The maximum atomic E-state index is 11.7. The van der Waals surface area contributed by atoms with Gasteiger partial charge in [0, 0.05) is 31.6 Å². The molecule has 0 unspecified atom stereocenters. The van der Waals surface area contributed by atoms with Crippen molar-refractivity contribution in [3.63, 3.8) is 0 Å². The molecule has 0 aliphatic rings. The molecule has 0 aliphatic carbocycles. The van der Waals surface area contributed by atoms with E-state index in [0.717, 1.165) is 18.7 Å². The minimum Gasteiger partial charge on any atom is -0.372 e. The average Bonchev–Trinajstić information content (AvgIpc) is 2.72. The van der Waals surface area contributed by atoms with Crippen molar-refractivity contribution in [2.45, 2.75) is 65.2 Å². The summed E-state index contributed by atoms with van der Waals surface area (Å²) in [7, 11) is 0. The monoisotopic (exact) mass is 390 g/mol. The number of nitrogens with zero attached hydrogens (tertiary/aromatic N) is 2. The van der Waals surface area contributed by atoms with Gasteiger partial charge >= 0.3 is 0 Å². The molecule has 1 rings (SSSR count). The van der Waals surface area contributed by atoms with Gasteiger partial charge in [0.1, 0.15) is 0 Å². The van der Waals surface area contributed by atoms with Gasteiger partial charge in [-0.05, 0) is 43.4 Å². The summed E-state index contributed by atoms with van der Waals surface area (Å²) in [5.74, 6) is -0.632. The van der Waals surface area contributed by atoms with E-state index in [1.165, 1.54) is 31.4 Å². The molecule has 0 heterocycles. The Bertz CT molecular complexity index is 594. The molecule has 1 aromatic rings. The summed E-state index contributed by atoms with van der Waals surface area (Å²) in [5, 5.41) is 12.4. The molecule has 0 aromatic heterocycles. The van der Waals surface area contributed by atoms with Crippen LogP contribution in [0.25, 0.3) is 0 Å². The molecular weight excluding hydrogens is 356 g/mol. The SMILES string of the molecule is CCCCN(CCCC)c1ccc(/C=N/NC(=O)CCCCC(=O)NO)cc1. The first-order valence-electron chi connectivity index (χ1n) is 10.2. The highest BCUT2D eigenvalue weighted by Crippen LogP contribution is 2.16. The van der Waals surface area contributed by atoms with Gasteiger partial charge in [-0.1, -0.05) is 38.8 Å². The Morgan fingerprint density at radius 3 is 2.07 bits per heavy atom. The normalized spacial score (nSPS) is 10.8. The molecule has 0 atom stereocenters. The van der Waals surface area contributed by atoms with Crippen LogP contribution in [0.15, 0.2) is 29.4 Å². The van der Waals surface area contributed by atoms with Gasteiger partial charge in [-0.2, -0.15) is 5.10 Å². The zero-order chi connectivity index (χ0) is 20.6. The van der Waals surface area contributed by atoms with Gasteiger partial charge < -0.3 is 4.90 Å². The molecule has 0 spiro atoms. The van der Waals surface area contributed by atoms with Crippen LogP contribution in [-0.4, -0.2) is 36.3 Å². The number of hydrogen-bond acceptors (Lipinski definition) is 5. The van der Waals surface area contributed by atoms with E-state index >= 15 is 0 Å². The van der Waals surface area contributed by atoms with Crippen LogP contribution >= 0.6 is 0 Å². The summed E-state index contributed by atoms with van der Waals surface area (Å²) in [6, 6.07) is 8.20. The Morgan fingerprint density at radius 1 is 0.964 bits per heavy atom. The molecule has 28 heavy (non-hydrogen) atoms. The highest BCUT2D eigenvalue weighted by molar-refractivity contribution is 5.83. The van der Waals surface area contributed by atoms with Crippen molar-refractivity contribution in [1.29, 1.82) is 0 Å². The number of unbranched alkanes of at least 4 members (excludes halogenated alkanes) is 3. The van der Waals surface area contributed by atoms with E-state index in [0.29, 0.717) is 19.3 Å². The molecule has 7 nitrogen and oxygen atoms in total. The Hall–Kier alpha value is -2.41. The van der Waals surface area contributed by atoms with Gasteiger partial charge in [0.25, 0.3) is 0 Å². The van der Waals surface area contributed by atoms with Gasteiger partial charge in [-0.15, -0.1) is 0 Å². The van der Waals surface area contributed by atoms with Crippen molar-refractivity contribution >= 4 is 23.7 Å². The average molecular weight is 391 g/mol. The number of hydroxylamine groups is 1. The van der Waals surface area contributed by atoms with Crippen LogP contribution in [0, 0.1) is 0 Å². The lowest BCUT2D eigenvalue weighted by atomic mass is 10.2. The molecule has 0 saturated heterocycles. The van der Waals surface area contributed by atoms with Crippen LogP contribution in [0.1, 0.15) is 70.8 Å². The molecular formula is C21H34N4O3. The fraction of sp³-hybridized carbons (Fsp3) is 0.571. The Kier molecular flexibility index (Phi) is 12.3. The highest BCUT2D eigenvalue weighted by Gasteiger charge is 2.05. The van der Waals surface area contributed by atoms with Gasteiger partial charge in [0.15, 0.2) is 0 Å². The van der Waals surface area contributed by atoms with Crippen molar-refractivity contribution < 1.29 is 14.8 Å². The molecule has 0 saturated carbocycles. The first-order valence-corrected chi connectivity index (χ1v) is 10.2. The standard InChI is InChI=1S/C21H34N4O3/c1-3-5-15-25(16-6-4-2)19-13-11-18(12-14-19)17-22-23-20(26)9-7-8-10-21(27)24-28/h11-14,17,28H,3-10,15-16H2,1-2H3,(H,23,26)(H,24,27)/b22-17+. The molecule has 0 bridgehead atoms. The van der Waals surface area contributed by atoms with Crippen LogP contribution in [0.3, 0.4) is 0 Å². The Labute approximate surface area is 168 Å². The van der Waals surface area contributed by atoms with Crippen LogP contribution in [0.2, 0.25) is 0 Å². The van der Waals surface area contributed by atoms with E-state index in [1.807, 2.05) is 12.1 Å². The zero-order valence-corrected chi connectivity index (χ0v) is 17.1. The molecule has 0 radical (unpaired) electrons. The van der Waals surface area contributed by atoms with E-state index in [2.05, 4.69) is 41.4 Å². The van der Waals surface area contributed by atoms with Crippen LogP contribution in [-0.2, 0) is 9.59 Å². The summed E-state index contributed by atoms with van der Waals surface area (Å²) in [6.45, 7) is 6.55. The third-order valence-corrected chi connectivity index (χ3v) is 4.41. The van der Waals surface area contributed by atoms with Gasteiger partial charge in [0.05, 0.1) is 6.21 Å². The first-order chi connectivity index (χ1) is 13.6. The van der Waals surface area contributed by atoms with Crippen LogP contribution in [0.5, 0.6) is 0 Å². The molecule has 0 fully saturated rings. The maximum Gasteiger partial charge on any atom is 0.243 e. The Morgan fingerprint density at radius 2 is 1.54 bits per heavy atom. The number of hydrogen-bond donors (Lipinski definition) is 3. The second kappa shape index (κ2) is 14.6. The van der Waals surface area contributed by atoms with E-state index < -0.39 is 5.91 Å². The van der Waals surface area contributed by atoms with Crippen molar-refractivity contribution in [2.24, 2.45) is 5.10 Å². The summed E-state index contributed by atoms with van der Waals surface area (Å²) in [6.07, 6.45) is 7.96. The lowest BCUT2D eigenvalue weighted by Gasteiger charge is -2.24. The van der Waals surface area contributed by atoms with Gasteiger partial charge in [-0.25, -0.2) is 10.9 Å². The second-order valence-corrected chi connectivity index (χ2v) is 6.82. The third kappa shape index (κ3) is 10.1. The Balaban J connectivity index is 2.43. The minimum absolute atomic E-state index is 0.192. The molecule has 7 heteroatoms. The van der Waals surface area contributed by atoms with Gasteiger partial charge in [0.2, 0.25) is 11.8 Å². The number of amides is 2. The molecule has 0 aliphatic heterocycles. The number of carbonyl (C=O) groups excluding carboxylic acids is 2. The smallest absolute Gasteiger partial charge is 0.243 e. The number of anilines is 1. The van der Waals surface area contributed by atoms with Crippen molar-refractivity contribution in [1.82, 2.24) is 10.9 Å². The number of rotatable bonds is 14. The summed E-state index contributed by atoms with van der Waals surface area (Å²) in [4.78, 5) is 25.0. The second-order valence-electron chi connectivity index (χ2n) is 6.82. The number of nitrogens with one attached hydrogen (secondary N) is 2. The lowest BCUT2D eigenvalue weighted by molar-refractivity contribution is -0.129. The largest absolute Gasteiger partial charge is 0.372 e. The fourth-order valence-corrected chi connectivity index (χ4v) is 2.70. The summed E-state index contributed by atoms with van der Waals surface area (Å²) >= 11 is 0. The zero-order valence-electron chi connectivity index (χ0n) is 17.1. The van der Waals surface area contributed by atoms with E-state index in [9.17, 15) is 9.59 Å². The predicted molar refractivity (Wildman–Crippen MR) is 113 cm³/mol. The number of carbonyl (C=O) groups is 2. The van der Waals surface area contributed by atoms with Crippen molar-refractivity contribution in [2.75, 3.05) is 18.0 Å². The quantitative estimate of drug-likeness (QED) is 0.196. The number of hydrazone groups is 1. The third-order valence-electron chi connectivity index (χ3n) is 4.41. The lowest BCUT2D eigenvalue weighted by Crippen LogP contribution is -2.25. The first kappa shape index (κ1) is 23.6. The molecule has 1 aromatic carbocycles. The molecule has 3 N–H and O–H groups in total. The van der Waals surface area contributed by atoms with Crippen LogP contribution in [0.4, 0.5) is 5.69 Å².